The molecule has 6 nitrogen and oxygen atoms in total. The Morgan fingerprint density at radius 3 is 2.79 bits per heavy atom. The van der Waals surface area contributed by atoms with Crippen LogP contribution in [0.5, 0.6) is 0 Å². The van der Waals surface area contributed by atoms with Crippen LogP contribution in [0, 0.1) is 23.2 Å². The molecule has 1 fully saturated rings. The molecule has 3 N–H and O–H groups in total. The Hall–Kier alpha value is -2.29. The van der Waals surface area contributed by atoms with E-state index in [1.165, 1.54) is 7.11 Å². The summed E-state index contributed by atoms with van der Waals surface area (Å²) in [5, 5.41) is 9.09. The van der Waals surface area contributed by atoms with Crippen LogP contribution in [0.1, 0.15) is 35.1 Å². The maximum Gasteiger partial charge on any atom is 0.310 e. The highest BCUT2D eigenvalue weighted by atomic mass is 16.5. The van der Waals surface area contributed by atoms with Gasteiger partial charge >= 0.3 is 5.97 Å². The van der Waals surface area contributed by atoms with Gasteiger partial charge in [0.2, 0.25) is 5.91 Å². The number of esters is 1. The predicted molar refractivity (Wildman–Crippen MR) is 63.8 cm³/mol. The van der Waals surface area contributed by atoms with E-state index in [4.69, 9.17) is 15.7 Å². The van der Waals surface area contributed by atoms with Crippen LogP contribution in [0.15, 0.2) is 6.20 Å². The number of carbonyl (C=O) groups is 2. The Bertz CT molecular complexity index is 613. The van der Waals surface area contributed by atoms with Crippen LogP contribution >= 0.6 is 0 Å². The number of aromatic nitrogens is 1. The quantitative estimate of drug-likeness (QED) is 0.747. The Balaban J connectivity index is 2.12. The number of primary amides is 1. The minimum Gasteiger partial charge on any atom is -0.469 e. The van der Waals surface area contributed by atoms with E-state index >= 15 is 0 Å². The molecule has 3 rings (SSSR count). The number of hydrogen-bond acceptors (Lipinski definition) is 4. The van der Waals surface area contributed by atoms with Gasteiger partial charge in [0.25, 0.3) is 0 Å². The minimum absolute atomic E-state index is 0.0834. The average Bonchev–Trinajstić information content (AvgIpc) is 3.05. The zero-order valence-corrected chi connectivity index (χ0v) is 10.3. The van der Waals surface area contributed by atoms with Gasteiger partial charge in [-0.05, 0) is 23.5 Å². The number of nitrogens with one attached hydrogen (secondary N) is 1. The van der Waals surface area contributed by atoms with Crippen LogP contribution in [0.4, 0.5) is 0 Å². The number of methoxy groups -OCH3 is 1. The second kappa shape index (κ2) is 3.85. The molecule has 1 aromatic rings. The van der Waals surface area contributed by atoms with Crippen molar-refractivity contribution >= 4 is 11.9 Å². The highest BCUT2D eigenvalue weighted by molar-refractivity contribution is 5.88. The fourth-order valence-electron chi connectivity index (χ4n) is 3.76. The summed E-state index contributed by atoms with van der Waals surface area (Å²) in [5.74, 6) is -2.23. The van der Waals surface area contributed by atoms with Gasteiger partial charge in [-0.2, -0.15) is 5.26 Å². The number of ether oxygens (including phenoxy) is 1. The number of rotatable bonds is 2. The molecule has 98 valence electrons. The molecule has 6 heteroatoms. The van der Waals surface area contributed by atoms with Gasteiger partial charge in [-0.3, -0.25) is 9.59 Å². The first-order valence-electron chi connectivity index (χ1n) is 6.08. The van der Waals surface area contributed by atoms with Crippen LogP contribution in [-0.4, -0.2) is 24.0 Å². The van der Waals surface area contributed by atoms with Gasteiger partial charge < -0.3 is 15.5 Å². The summed E-state index contributed by atoms with van der Waals surface area (Å²) in [5.41, 5.74) is 7.72. The van der Waals surface area contributed by atoms with Gasteiger partial charge in [0.1, 0.15) is 11.8 Å². The molecule has 2 aliphatic rings. The van der Waals surface area contributed by atoms with Gasteiger partial charge in [0.05, 0.1) is 18.9 Å². The maximum absolute atomic E-state index is 11.9. The second-order valence-corrected chi connectivity index (χ2v) is 5.07. The number of nitrogens with two attached hydrogens (primary N) is 1. The van der Waals surface area contributed by atoms with Crippen molar-refractivity contribution in [1.29, 1.82) is 5.26 Å². The minimum atomic E-state index is -0.567. The monoisotopic (exact) mass is 259 g/mol. The van der Waals surface area contributed by atoms with Crippen molar-refractivity contribution in [2.75, 3.05) is 7.11 Å². The van der Waals surface area contributed by atoms with E-state index in [1.807, 2.05) is 0 Å². The smallest absolute Gasteiger partial charge is 0.310 e. The zero-order valence-electron chi connectivity index (χ0n) is 10.3. The molecule has 0 radical (unpaired) electrons. The molecule has 0 aliphatic heterocycles. The van der Waals surface area contributed by atoms with E-state index in [1.54, 1.807) is 6.20 Å². The summed E-state index contributed by atoms with van der Waals surface area (Å²) in [6.45, 7) is 0. The molecule has 1 saturated carbocycles. The van der Waals surface area contributed by atoms with Crippen LogP contribution in [0.2, 0.25) is 0 Å². The standard InChI is InChI=1S/C13H13N3O3/c1-19-13(18)11-6-2-5(10(11)12(15)17)7-4-16-8(3-14)9(6)7/h4-6,10-11,16H,2H2,1H3,(H2,15,17)/t5-,6+,10-,11-/m0/s1. The number of hydrogen-bond donors (Lipinski definition) is 2. The summed E-state index contributed by atoms with van der Waals surface area (Å²) in [4.78, 5) is 26.5. The molecule has 4 atom stereocenters. The number of nitriles is 1. The average molecular weight is 259 g/mol. The third-order valence-electron chi connectivity index (χ3n) is 4.40. The van der Waals surface area contributed by atoms with Crippen molar-refractivity contribution in [1.82, 2.24) is 4.98 Å². The highest BCUT2D eigenvalue weighted by Gasteiger charge is 2.57. The van der Waals surface area contributed by atoms with Crippen LogP contribution in [0.25, 0.3) is 0 Å². The van der Waals surface area contributed by atoms with Crippen LogP contribution in [0.3, 0.4) is 0 Å². The number of nitrogens with zero attached hydrogens (tertiary/aromatic N) is 1. The highest BCUT2D eigenvalue weighted by Crippen LogP contribution is 2.60. The molecular weight excluding hydrogens is 246 g/mol. The molecule has 0 unspecified atom stereocenters. The Morgan fingerprint density at radius 1 is 1.47 bits per heavy atom. The lowest BCUT2D eigenvalue weighted by Gasteiger charge is -2.27. The number of amides is 1. The lowest BCUT2D eigenvalue weighted by atomic mass is 9.76. The first-order valence-corrected chi connectivity index (χ1v) is 6.08. The van der Waals surface area contributed by atoms with Gasteiger partial charge in [0.15, 0.2) is 0 Å². The molecule has 2 aliphatic carbocycles. The number of carbonyl (C=O) groups excluding carboxylic acids is 2. The van der Waals surface area contributed by atoms with Crippen LogP contribution in [-0.2, 0) is 14.3 Å². The van der Waals surface area contributed by atoms with Gasteiger partial charge in [-0.15, -0.1) is 0 Å². The molecular formula is C13H13N3O3. The van der Waals surface area contributed by atoms with E-state index in [9.17, 15) is 9.59 Å². The zero-order chi connectivity index (χ0) is 13.7. The van der Waals surface area contributed by atoms with Crippen molar-refractivity contribution in [2.45, 2.75) is 18.3 Å². The molecule has 2 bridgehead atoms. The fourth-order valence-corrected chi connectivity index (χ4v) is 3.76. The topological polar surface area (TPSA) is 109 Å². The molecule has 0 saturated heterocycles. The fraction of sp³-hybridized carbons (Fsp3) is 0.462. The maximum atomic E-state index is 11.9. The summed E-state index contributed by atoms with van der Waals surface area (Å²) < 4.78 is 4.79. The van der Waals surface area contributed by atoms with Crippen LogP contribution < -0.4 is 5.73 Å². The van der Waals surface area contributed by atoms with E-state index in [0.29, 0.717) is 12.1 Å². The normalized spacial score (nSPS) is 30.7. The molecule has 19 heavy (non-hydrogen) atoms. The summed E-state index contributed by atoms with van der Waals surface area (Å²) in [6.07, 6.45) is 2.43. The van der Waals surface area contributed by atoms with Crippen molar-refractivity contribution in [3.63, 3.8) is 0 Å². The number of aromatic amines is 1. The van der Waals surface area contributed by atoms with E-state index in [2.05, 4.69) is 11.1 Å². The van der Waals surface area contributed by atoms with E-state index in [-0.39, 0.29) is 11.8 Å². The molecule has 0 spiro atoms. The third-order valence-corrected chi connectivity index (χ3v) is 4.40. The summed E-state index contributed by atoms with van der Waals surface area (Å²) in [7, 11) is 1.30. The van der Waals surface area contributed by atoms with Gasteiger partial charge in [-0.25, -0.2) is 0 Å². The van der Waals surface area contributed by atoms with E-state index in [0.717, 1.165) is 11.1 Å². The second-order valence-electron chi connectivity index (χ2n) is 5.07. The Labute approximate surface area is 109 Å². The van der Waals surface area contributed by atoms with Crippen molar-refractivity contribution in [3.8, 4) is 6.07 Å². The first kappa shape index (κ1) is 11.8. The van der Waals surface area contributed by atoms with Crippen molar-refractivity contribution < 1.29 is 14.3 Å². The molecule has 1 heterocycles. The Kier molecular flexibility index (Phi) is 2.39. The van der Waals surface area contributed by atoms with Crippen molar-refractivity contribution in [2.24, 2.45) is 17.6 Å². The van der Waals surface area contributed by atoms with E-state index < -0.39 is 23.7 Å². The van der Waals surface area contributed by atoms with Gasteiger partial charge in [-0.1, -0.05) is 0 Å². The summed E-state index contributed by atoms with van der Waals surface area (Å²) in [6, 6.07) is 2.09. The number of fused-ring (bicyclic) bond motifs is 5. The SMILES string of the molecule is COC(=O)[C@@H]1[C@@H](C(N)=O)[C@H]2C[C@@H]1c1c2c[nH]c1C#N. The summed E-state index contributed by atoms with van der Waals surface area (Å²) >= 11 is 0. The molecule has 1 amide bonds. The third kappa shape index (κ3) is 1.35. The number of H-pyrrole nitrogens is 1. The lowest BCUT2D eigenvalue weighted by molar-refractivity contribution is -0.149. The Morgan fingerprint density at radius 2 is 2.21 bits per heavy atom. The van der Waals surface area contributed by atoms with Crippen molar-refractivity contribution in [3.05, 3.63) is 23.0 Å². The largest absolute Gasteiger partial charge is 0.469 e. The van der Waals surface area contributed by atoms with Gasteiger partial charge in [0, 0.05) is 12.1 Å². The molecule has 0 aromatic carbocycles. The molecule has 1 aromatic heterocycles. The predicted octanol–water partition coefficient (Wildman–Crippen LogP) is 0.362. The lowest BCUT2D eigenvalue weighted by Crippen LogP contribution is -2.38. The first-order chi connectivity index (χ1) is 9.10.